The van der Waals surface area contributed by atoms with Gasteiger partial charge in [-0.1, -0.05) is 13.8 Å². The Balaban J connectivity index is 1.86. The Morgan fingerprint density at radius 2 is 2.00 bits per heavy atom. The monoisotopic (exact) mass is 167 g/mol. The fraction of sp³-hybridized carbons (Fsp3) is 0.900. The van der Waals surface area contributed by atoms with Crippen LogP contribution in [0, 0.1) is 17.8 Å². The number of hydrogen-bond acceptors (Lipinski definition) is 2. The number of rotatable bonds is 2. The van der Waals surface area contributed by atoms with E-state index < -0.39 is 0 Å². The molecule has 0 aromatic rings. The van der Waals surface area contributed by atoms with Crippen molar-refractivity contribution in [1.82, 2.24) is 4.90 Å². The molecule has 2 aliphatic heterocycles. The molecule has 2 bridgehead atoms. The van der Waals surface area contributed by atoms with Crippen LogP contribution in [0.1, 0.15) is 20.3 Å². The van der Waals surface area contributed by atoms with Gasteiger partial charge in [0, 0.05) is 31.5 Å². The number of Topliss-reactive ketones (excluding diaryl/α,β-unsaturated/α-hetero) is 1. The topological polar surface area (TPSA) is 20.3 Å². The lowest BCUT2D eigenvalue weighted by molar-refractivity contribution is -0.143. The molecule has 0 aromatic heterocycles. The fourth-order valence-corrected chi connectivity index (χ4v) is 2.44. The van der Waals surface area contributed by atoms with Crippen molar-refractivity contribution in [3.63, 3.8) is 0 Å². The zero-order valence-corrected chi connectivity index (χ0v) is 7.92. The minimum absolute atomic E-state index is 0.405. The van der Waals surface area contributed by atoms with Gasteiger partial charge in [-0.05, 0) is 12.3 Å². The van der Waals surface area contributed by atoms with E-state index in [2.05, 4.69) is 18.7 Å². The lowest BCUT2D eigenvalue weighted by Gasteiger charge is -2.46. The number of carbonyl (C=O) groups is 1. The summed E-state index contributed by atoms with van der Waals surface area (Å²) < 4.78 is 0. The third kappa shape index (κ3) is 1.28. The SMILES string of the molecule is CC(C)CN1C[C@H]2C[C@@H](C1)C2=O. The molecule has 2 atom stereocenters. The van der Waals surface area contributed by atoms with Gasteiger partial charge in [0.05, 0.1) is 0 Å². The normalized spacial score (nSPS) is 35.4. The number of carbonyl (C=O) groups excluding carboxylic acids is 1. The number of piperidine rings is 2. The summed E-state index contributed by atoms with van der Waals surface area (Å²) in [5, 5.41) is 0. The zero-order valence-electron chi connectivity index (χ0n) is 7.92. The van der Waals surface area contributed by atoms with E-state index in [9.17, 15) is 4.79 Å². The molecule has 3 aliphatic rings. The van der Waals surface area contributed by atoms with Crippen LogP contribution in [0.15, 0.2) is 0 Å². The minimum Gasteiger partial charge on any atom is -0.302 e. The minimum atomic E-state index is 0.405. The Morgan fingerprint density at radius 3 is 2.42 bits per heavy atom. The van der Waals surface area contributed by atoms with Crippen molar-refractivity contribution in [2.45, 2.75) is 20.3 Å². The molecule has 2 heterocycles. The van der Waals surface area contributed by atoms with Crippen molar-refractivity contribution in [1.29, 1.82) is 0 Å². The molecule has 0 spiro atoms. The zero-order chi connectivity index (χ0) is 8.72. The van der Waals surface area contributed by atoms with Crippen molar-refractivity contribution in [2.75, 3.05) is 19.6 Å². The smallest absolute Gasteiger partial charge is 0.141 e. The summed E-state index contributed by atoms with van der Waals surface area (Å²) in [6, 6.07) is 0. The molecule has 1 saturated carbocycles. The second-order valence-electron chi connectivity index (χ2n) is 4.64. The van der Waals surface area contributed by atoms with E-state index in [1.165, 1.54) is 13.0 Å². The van der Waals surface area contributed by atoms with Crippen LogP contribution in [0.3, 0.4) is 0 Å². The molecule has 3 rings (SSSR count). The van der Waals surface area contributed by atoms with Gasteiger partial charge in [-0.25, -0.2) is 0 Å². The second kappa shape index (κ2) is 2.84. The van der Waals surface area contributed by atoms with E-state index in [-0.39, 0.29) is 0 Å². The maximum absolute atomic E-state index is 11.2. The van der Waals surface area contributed by atoms with Gasteiger partial charge in [-0.15, -0.1) is 0 Å². The molecule has 68 valence electrons. The molecule has 2 saturated heterocycles. The Morgan fingerprint density at radius 1 is 1.42 bits per heavy atom. The molecule has 3 fully saturated rings. The van der Waals surface area contributed by atoms with Gasteiger partial charge in [-0.2, -0.15) is 0 Å². The van der Waals surface area contributed by atoms with Gasteiger partial charge in [0.2, 0.25) is 0 Å². The largest absolute Gasteiger partial charge is 0.302 e. The molecule has 0 N–H and O–H groups in total. The quantitative estimate of drug-likeness (QED) is 0.615. The van der Waals surface area contributed by atoms with Crippen molar-refractivity contribution in [3.05, 3.63) is 0 Å². The summed E-state index contributed by atoms with van der Waals surface area (Å²) in [5.74, 6) is 2.08. The molecular formula is C10H17NO. The average molecular weight is 167 g/mol. The molecule has 2 nitrogen and oxygen atoms in total. The third-order valence-electron chi connectivity index (χ3n) is 2.95. The Bertz CT molecular complexity index is 186. The van der Waals surface area contributed by atoms with E-state index in [0.717, 1.165) is 19.0 Å². The highest BCUT2D eigenvalue weighted by atomic mass is 16.1. The Labute approximate surface area is 73.9 Å². The average Bonchev–Trinajstić information content (AvgIpc) is 2.02. The van der Waals surface area contributed by atoms with E-state index in [4.69, 9.17) is 0 Å². The molecule has 0 aromatic carbocycles. The Kier molecular flexibility index (Phi) is 1.95. The highest BCUT2D eigenvalue weighted by Gasteiger charge is 2.45. The van der Waals surface area contributed by atoms with Crippen LogP contribution in [0.4, 0.5) is 0 Å². The molecule has 1 aliphatic carbocycles. The maximum atomic E-state index is 11.2. The van der Waals surface area contributed by atoms with Crippen molar-refractivity contribution in [2.24, 2.45) is 17.8 Å². The van der Waals surface area contributed by atoms with Crippen LogP contribution >= 0.6 is 0 Å². The molecule has 0 amide bonds. The van der Waals surface area contributed by atoms with Gasteiger partial charge in [0.25, 0.3) is 0 Å². The predicted molar refractivity (Wildman–Crippen MR) is 47.9 cm³/mol. The molecule has 2 heteroatoms. The summed E-state index contributed by atoms with van der Waals surface area (Å²) in [5.41, 5.74) is 0. The molecule has 0 radical (unpaired) electrons. The van der Waals surface area contributed by atoms with Gasteiger partial charge in [-0.3, -0.25) is 4.79 Å². The van der Waals surface area contributed by atoms with Crippen LogP contribution in [-0.2, 0) is 4.79 Å². The van der Waals surface area contributed by atoms with E-state index in [0.29, 0.717) is 17.6 Å². The first-order chi connectivity index (χ1) is 5.66. The van der Waals surface area contributed by atoms with Gasteiger partial charge >= 0.3 is 0 Å². The summed E-state index contributed by atoms with van der Waals surface area (Å²) >= 11 is 0. The lowest BCUT2D eigenvalue weighted by atomic mass is 9.69. The van der Waals surface area contributed by atoms with Crippen molar-refractivity contribution in [3.8, 4) is 0 Å². The van der Waals surface area contributed by atoms with E-state index >= 15 is 0 Å². The number of nitrogens with zero attached hydrogens (tertiary/aromatic N) is 1. The Hall–Kier alpha value is -0.370. The summed E-state index contributed by atoms with van der Waals surface area (Å²) in [7, 11) is 0. The van der Waals surface area contributed by atoms with Crippen LogP contribution in [0.25, 0.3) is 0 Å². The molecular weight excluding hydrogens is 150 g/mol. The molecule has 12 heavy (non-hydrogen) atoms. The predicted octanol–water partition coefficient (Wildman–Crippen LogP) is 1.16. The number of fused-ring (bicyclic) bond motifs is 2. The van der Waals surface area contributed by atoms with Crippen LogP contribution < -0.4 is 0 Å². The maximum Gasteiger partial charge on any atom is 0.141 e. The first kappa shape index (κ1) is 8.24. The first-order valence-corrected chi connectivity index (χ1v) is 4.93. The number of ketones is 1. The summed E-state index contributed by atoms with van der Waals surface area (Å²) in [4.78, 5) is 13.7. The standard InChI is InChI=1S/C10H17NO/c1-7(2)4-11-5-8-3-9(6-11)10(8)12/h7-9H,3-6H2,1-2H3/t8-,9+. The van der Waals surface area contributed by atoms with Gasteiger partial charge in [0.15, 0.2) is 0 Å². The van der Waals surface area contributed by atoms with Crippen molar-refractivity contribution >= 4 is 5.78 Å². The van der Waals surface area contributed by atoms with Crippen molar-refractivity contribution < 1.29 is 4.79 Å². The first-order valence-electron chi connectivity index (χ1n) is 4.93. The number of hydrogen-bond donors (Lipinski definition) is 0. The highest BCUT2D eigenvalue weighted by Crippen LogP contribution is 2.36. The second-order valence-corrected chi connectivity index (χ2v) is 4.64. The van der Waals surface area contributed by atoms with Gasteiger partial charge in [0.1, 0.15) is 5.78 Å². The van der Waals surface area contributed by atoms with Gasteiger partial charge < -0.3 is 4.90 Å². The van der Waals surface area contributed by atoms with Crippen LogP contribution in [-0.4, -0.2) is 30.3 Å². The molecule has 0 unspecified atom stereocenters. The fourth-order valence-electron chi connectivity index (χ4n) is 2.44. The summed E-state index contributed by atoms with van der Waals surface area (Å²) in [6.45, 7) is 7.71. The van der Waals surface area contributed by atoms with E-state index in [1.807, 2.05) is 0 Å². The van der Waals surface area contributed by atoms with Crippen LogP contribution in [0.5, 0.6) is 0 Å². The van der Waals surface area contributed by atoms with E-state index in [1.54, 1.807) is 0 Å². The lowest BCUT2D eigenvalue weighted by Crippen LogP contribution is -2.56. The highest BCUT2D eigenvalue weighted by molar-refractivity contribution is 5.90. The van der Waals surface area contributed by atoms with Crippen LogP contribution in [0.2, 0.25) is 0 Å². The summed E-state index contributed by atoms with van der Waals surface area (Å²) in [6.07, 6.45) is 1.17. The third-order valence-corrected chi connectivity index (χ3v) is 2.95.